The monoisotopic (exact) mass is 235 g/mol. The van der Waals surface area contributed by atoms with Gasteiger partial charge in [-0.15, -0.1) is 0 Å². The van der Waals surface area contributed by atoms with E-state index >= 15 is 0 Å². The number of carboxylic acid groups (broad SMARTS) is 1. The van der Waals surface area contributed by atoms with E-state index in [0.29, 0.717) is 19.2 Å². The minimum Gasteiger partial charge on any atom is -0.465 e. The minimum atomic E-state index is -0.856. The van der Waals surface area contributed by atoms with Crippen LogP contribution in [0.15, 0.2) is 30.3 Å². The summed E-state index contributed by atoms with van der Waals surface area (Å²) < 4.78 is 5.10. The van der Waals surface area contributed by atoms with Gasteiger partial charge < -0.3 is 14.7 Å². The lowest BCUT2D eigenvalue weighted by atomic mass is 10.2. The van der Waals surface area contributed by atoms with Crippen molar-refractivity contribution in [3.05, 3.63) is 35.9 Å². The summed E-state index contributed by atoms with van der Waals surface area (Å²) >= 11 is 0. The van der Waals surface area contributed by atoms with E-state index in [1.54, 1.807) is 0 Å². The maximum absolute atomic E-state index is 11.1. The number of amides is 1. The molecular weight excluding hydrogens is 218 g/mol. The van der Waals surface area contributed by atoms with Crippen LogP contribution in [0.4, 0.5) is 4.79 Å². The molecule has 1 aliphatic heterocycles. The van der Waals surface area contributed by atoms with Crippen molar-refractivity contribution < 1.29 is 14.6 Å². The average molecular weight is 235 g/mol. The van der Waals surface area contributed by atoms with E-state index in [4.69, 9.17) is 9.84 Å². The second-order valence-electron chi connectivity index (χ2n) is 4.29. The lowest BCUT2D eigenvalue weighted by Crippen LogP contribution is -2.30. The molecule has 1 heterocycles. The van der Waals surface area contributed by atoms with Gasteiger partial charge in [-0.25, -0.2) is 4.79 Å². The predicted molar refractivity (Wildman–Crippen MR) is 63.9 cm³/mol. The molecule has 1 aromatic carbocycles. The molecule has 1 atom stereocenters. The Hall–Kier alpha value is -1.55. The fraction of sp³-hybridized carbons (Fsp3) is 0.462. The van der Waals surface area contributed by atoms with Gasteiger partial charge >= 0.3 is 6.09 Å². The Morgan fingerprint density at radius 2 is 2.12 bits per heavy atom. The summed E-state index contributed by atoms with van der Waals surface area (Å²) in [5, 5.41) is 9.11. The van der Waals surface area contributed by atoms with Crippen molar-refractivity contribution in [3.8, 4) is 0 Å². The van der Waals surface area contributed by atoms with Crippen molar-refractivity contribution in [1.82, 2.24) is 4.90 Å². The van der Waals surface area contributed by atoms with Crippen molar-refractivity contribution in [2.24, 2.45) is 0 Å². The molecular formula is C13H17NO3. The van der Waals surface area contributed by atoms with Gasteiger partial charge in [0, 0.05) is 13.1 Å². The van der Waals surface area contributed by atoms with E-state index < -0.39 is 6.09 Å². The zero-order chi connectivity index (χ0) is 12.1. The molecule has 0 bridgehead atoms. The highest BCUT2D eigenvalue weighted by Gasteiger charge is 2.22. The maximum atomic E-state index is 11.1. The van der Waals surface area contributed by atoms with Crippen molar-refractivity contribution >= 4 is 6.09 Å². The summed E-state index contributed by atoms with van der Waals surface area (Å²) in [5.74, 6) is 0. The van der Waals surface area contributed by atoms with Crippen LogP contribution in [0.1, 0.15) is 18.4 Å². The molecule has 1 fully saturated rings. The van der Waals surface area contributed by atoms with Crippen LogP contribution in [0.2, 0.25) is 0 Å². The largest absolute Gasteiger partial charge is 0.465 e. The second kappa shape index (κ2) is 5.68. The van der Waals surface area contributed by atoms with Gasteiger partial charge in [0.2, 0.25) is 0 Å². The number of benzene rings is 1. The van der Waals surface area contributed by atoms with Crippen LogP contribution in [-0.2, 0) is 11.3 Å². The van der Waals surface area contributed by atoms with Crippen molar-refractivity contribution in [2.45, 2.75) is 25.5 Å². The van der Waals surface area contributed by atoms with Gasteiger partial charge in [0.1, 0.15) is 0 Å². The molecule has 0 aromatic heterocycles. The number of nitrogens with zero attached hydrogens (tertiary/aromatic N) is 1. The Kier molecular flexibility index (Phi) is 3.98. The Balaban J connectivity index is 1.81. The van der Waals surface area contributed by atoms with Gasteiger partial charge in [-0.3, -0.25) is 0 Å². The lowest BCUT2D eigenvalue weighted by Gasteiger charge is -2.18. The van der Waals surface area contributed by atoms with Crippen LogP contribution in [0, 0.1) is 0 Å². The molecule has 1 amide bonds. The van der Waals surface area contributed by atoms with Crippen LogP contribution < -0.4 is 0 Å². The van der Waals surface area contributed by atoms with E-state index in [0.717, 1.165) is 25.0 Å². The van der Waals surface area contributed by atoms with E-state index in [1.165, 1.54) is 4.90 Å². The molecule has 0 unspecified atom stereocenters. The highest BCUT2D eigenvalue weighted by Crippen LogP contribution is 2.16. The minimum absolute atomic E-state index is 0.377. The highest BCUT2D eigenvalue weighted by atomic mass is 16.6. The Morgan fingerprint density at radius 1 is 1.41 bits per heavy atom. The Bertz CT molecular complexity index is 362. The van der Waals surface area contributed by atoms with Crippen LogP contribution >= 0.6 is 0 Å². The van der Waals surface area contributed by atoms with Crippen molar-refractivity contribution in [1.29, 1.82) is 0 Å². The number of epoxide rings is 1. The SMILES string of the molecule is O=C(O)N(CCC[C@@H]1CO1)Cc1ccccc1. The number of carbonyl (C=O) groups is 1. The van der Waals surface area contributed by atoms with Crippen molar-refractivity contribution in [3.63, 3.8) is 0 Å². The molecule has 0 spiro atoms. The zero-order valence-electron chi connectivity index (χ0n) is 9.71. The average Bonchev–Trinajstić information content (AvgIpc) is 3.13. The van der Waals surface area contributed by atoms with E-state index in [-0.39, 0.29) is 0 Å². The summed E-state index contributed by atoms with van der Waals surface area (Å²) in [4.78, 5) is 12.5. The molecule has 92 valence electrons. The molecule has 1 N–H and O–H groups in total. The Labute approximate surface area is 101 Å². The number of rotatable bonds is 6. The van der Waals surface area contributed by atoms with Gasteiger partial charge in [-0.1, -0.05) is 30.3 Å². The Morgan fingerprint density at radius 3 is 2.71 bits per heavy atom. The molecule has 1 aliphatic rings. The fourth-order valence-corrected chi connectivity index (χ4v) is 1.79. The standard InChI is InChI=1S/C13H17NO3/c15-13(16)14(8-4-7-12-10-17-12)9-11-5-2-1-3-6-11/h1-3,5-6,12H,4,7-10H2,(H,15,16)/t12-/m1/s1. The molecule has 0 radical (unpaired) electrons. The fourth-order valence-electron chi connectivity index (χ4n) is 1.79. The summed E-state index contributed by atoms with van der Waals surface area (Å²) in [5.41, 5.74) is 1.03. The van der Waals surface area contributed by atoms with Gasteiger partial charge in [0.05, 0.1) is 12.7 Å². The van der Waals surface area contributed by atoms with E-state index in [1.807, 2.05) is 30.3 Å². The first-order valence-electron chi connectivity index (χ1n) is 5.89. The number of ether oxygens (including phenoxy) is 1. The highest BCUT2D eigenvalue weighted by molar-refractivity contribution is 5.64. The predicted octanol–water partition coefficient (Wildman–Crippen LogP) is 2.35. The van der Waals surface area contributed by atoms with Gasteiger partial charge in [-0.05, 0) is 18.4 Å². The first kappa shape index (κ1) is 11.9. The second-order valence-corrected chi connectivity index (χ2v) is 4.29. The van der Waals surface area contributed by atoms with Crippen LogP contribution in [0.25, 0.3) is 0 Å². The van der Waals surface area contributed by atoms with Gasteiger partial charge in [0.15, 0.2) is 0 Å². The third-order valence-corrected chi connectivity index (χ3v) is 2.84. The van der Waals surface area contributed by atoms with Crippen LogP contribution in [0.5, 0.6) is 0 Å². The van der Waals surface area contributed by atoms with Gasteiger partial charge in [0.25, 0.3) is 0 Å². The van der Waals surface area contributed by atoms with Crippen LogP contribution in [-0.4, -0.2) is 35.4 Å². The lowest BCUT2D eigenvalue weighted by molar-refractivity contribution is 0.141. The normalized spacial score (nSPS) is 17.8. The van der Waals surface area contributed by atoms with Crippen LogP contribution in [0.3, 0.4) is 0 Å². The maximum Gasteiger partial charge on any atom is 0.407 e. The molecule has 2 rings (SSSR count). The summed E-state index contributed by atoms with van der Waals surface area (Å²) in [6.07, 6.45) is 1.34. The van der Waals surface area contributed by atoms with E-state index in [2.05, 4.69) is 0 Å². The molecule has 0 saturated carbocycles. The zero-order valence-corrected chi connectivity index (χ0v) is 9.71. The molecule has 4 nitrogen and oxygen atoms in total. The molecule has 1 aromatic rings. The third kappa shape index (κ3) is 4.07. The first-order chi connectivity index (χ1) is 8.25. The van der Waals surface area contributed by atoms with E-state index in [9.17, 15) is 4.79 Å². The summed E-state index contributed by atoms with van der Waals surface area (Å²) in [6, 6.07) is 9.67. The quantitative estimate of drug-likeness (QED) is 0.770. The number of hydrogen-bond donors (Lipinski definition) is 1. The first-order valence-corrected chi connectivity index (χ1v) is 5.89. The third-order valence-electron chi connectivity index (χ3n) is 2.84. The number of hydrogen-bond acceptors (Lipinski definition) is 2. The molecule has 0 aliphatic carbocycles. The topological polar surface area (TPSA) is 53.1 Å². The molecule has 1 saturated heterocycles. The molecule has 17 heavy (non-hydrogen) atoms. The van der Waals surface area contributed by atoms with Crippen molar-refractivity contribution in [2.75, 3.05) is 13.2 Å². The summed E-state index contributed by atoms with van der Waals surface area (Å²) in [7, 11) is 0. The summed E-state index contributed by atoms with van der Waals surface area (Å²) in [6.45, 7) is 1.87. The smallest absolute Gasteiger partial charge is 0.407 e. The molecule has 4 heteroatoms. The van der Waals surface area contributed by atoms with Gasteiger partial charge in [-0.2, -0.15) is 0 Å².